The molecule has 112 valence electrons. The lowest BCUT2D eigenvalue weighted by Gasteiger charge is -2.38. The third kappa shape index (κ3) is 3.72. The normalized spacial score (nSPS) is 27.6. The topological polar surface area (TPSA) is 35.2 Å². The van der Waals surface area contributed by atoms with Crippen molar-refractivity contribution in [3.63, 3.8) is 0 Å². The lowest BCUT2D eigenvalue weighted by atomic mass is 9.76. The largest absolute Gasteiger partial charge is 0.399 e. The molecule has 3 atom stereocenters. The molecule has 0 aliphatic heterocycles. The molecule has 20 heavy (non-hydrogen) atoms. The molecule has 3 heteroatoms. The van der Waals surface area contributed by atoms with Gasteiger partial charge in [-0.1, -0.05) is 13.0 Å². The first-order chi connectivity index (χ1) is 9.26. The Morgan fingerprint density at radius 3 is 2.50 bits per heavy atom. The monoisotopic (exact) mass is 279 g/mol. The molecular formula is C17H26FNO. The zero-order chi connectivity index (χ0) is 14.9. The first kappa shape index (κ1) is 15.3. The molecule has 2 rings (SSSR count). The lowest BCUT2D eigenvalue weighted by Crippen LogP contribution is -2.35. The Labute approximate surface area is 121 Å². The highest BCUT2D eigenvalue weighted by Crippen LogP contribution is 2.39. The standard InChI is InChI=1S/C17H26FNO/c1-11-9-12(5-8-16(11)20-17(2,3)4)14-7-6-13(19)10-15(14)18/h6-7,10-12,16H,5,8-9,19H2,1-4H3. The predicted molar refractivity (Wildman–Crippen MR) is 81.2 cm³/mol. The van der Waals surface area contributed by atoms with Crippen LogP contribution >= 0.6 is 0 Å². The number of anilines is 1. The Morgan fingerprint density at radius 1 is 1.25 bits per heavy atom. The summed E-state index contributed by atoms with van der Waals surface area (Å²) in [6.45, 7) is 8.47. The summed E-state index contributed by atoms with van der Waals surface area (Å²) in [4.78, 5) is 0. The van der Waals surface area contributed by atoms with Crippen LogP contribution in [0.1, 0.15) is 58.4 Å². The van der Waals surface area contributed by atoms with Gasteiger partial charge in [-0.2, -0.15) is 0 Å². The van der Waals surface area contributed by atoms with Gasteiger partial charge in [0.15, 0.2) is 0 Å². The average Bonchev–Trinajstić information content (AvgIpc) is 2.30. The Hall–Kier alpha value is -1.09. The summed E-state index contributed by atoms with van der Waals surface area (Å²) >= 11 is 0. The van der Waals surface area contributed by atoms with Gasteiger partial charge in [0.25, 0.3) is 0 Å². The van der Waals surface area contributed by atoms with Crippen LogP contribution in [0.3, 0.4) is 0 Å². The van der Waals surface area contributed by atoms with Gasteiger partial charge in [-0.25, -0.2) is 4.39 Å². The van der Waals surface area contributed by atoms with Gasteiger partial charge in [0.2, 0.25) is 0 Å². The van der Waals surface area contributed by atoms with E-state index in [0.29, 0.717) is 11.6 Å². The minimum absolute atomic E-state index is 0.113. The fourth-order valence-electron chi connectivity index (χ4n) is 3.15. The molecule has 1 aromatic carbocycles. The van der Waals surface area contributed by atoms with Crippen LogP contribution in [0.25, 0.3) is 0 Å². The van der Waals surface area contributed by atoms with Crippen molar-refractivity contribution in [2.45, 2.75) is 64.6 Å². The van der Waals surface area contributed by atoms with Crippen LogP contribution in [0.2, 0.25) is 0 Å². The number of ether oxygens (including phenoxy) is 1. The van der Waals surface area contributed by atoms with Crippen molar-refractivity contribution >= 4 is 5.69 Å². The highest BCUT2D eigenvalue weighted by molar-refractivity contribution is 5.41. The van der Waals surface area contributed by atoms with E-state index < -0.39 is 0 Å². The molecule has 0 saturated heterocycles. The van der Waals surface area contributed by atoms with E-state index in [4.69, 9.17) is 10.5 Å². The van der Waals surface area contributed by atoms with Crippen molar-refractivity contribution in [3.05, 3.63) is 29.6 Å². The van der Waals surface area contributed by atoms with Gasteiger partial charge in [-0.05, 0) is 69.6 Å². The van der Waals surface area contributed by atoms with Gasteiger partial charge in [0.1, 0.15) is 5.82 Å². The van der Waals surface area contributed by atoms with Gasteiger partial charge in [-0.15, -0.1) is 0 Å². The molecule has 3 unspecified atom stereocenters. The molecule has 0 spiro atoms. The quantitative estimate of drug-likeness (QED) is 0.809. The number of hydrogen-bond acceptors (Lipinski definition) is 2. The number of nitrogens with two attached hydrogens (primary N) is 1. The summed E-state index contributed by atoms with van der Waals surface area (Å²) < 4.78 is 20.1. The van der Waals surface area contributed by atoms with E-state index in [0.717, 1.165) is 24.8 Å². The number of benzene rings is 1. The van der Waals surface area contributed by atoms with Crippen LogP contribution < -0.4 is 5.73 Å². The summed E-state index contributed by atoms with van der Waals surface area (Å²) in [6, 6.07) is 5.06. The maximum atomic E-state index is 14.0. The molecule has 1 aliphatic carbocycles. The third-order valence-electron chi connectivity index (χ3n) is 4.06. The Kier molecular flexibility index (Phi) is 4.38. The van der Waals surface area contributed by atoms with Crippen molar-refractivity contribution < 1.29 is 9.13 Å². The summed E-state index contributed by atoms with van der Waals surface area (Å²) in [7, 11) is 0. The van der Waals surface area contributed by atoms with Crippen molar-refractivity contribution in [1.29, 1.82) is 0 Å². The minimum Gasteiger partial charge on any atom is -0.399 e. The van der Waals surface area contributed by atoms with Crippen molar-refractivity contribution in [1.82, 2.24) is 0 Å². The molecule has 1 saturated carbocycles. The van der Waals surface area contributed by atoms with Crippen LogP contribution in [0, 0.1) is 11.7 Å². The van der Waals surface area contributed by atoms with E-state index in [-0.39, 0.29) is 23.4 Å². The molecule has 0 bridgehead atoms. The number of nitrogen functional groups attached to an aromatic ring is 1. The smallest absolute Gasteiger partial charge is 0.128 e. The maximum Gasteiger partial charge on any atom is 0.128 e. The Balaban J connectivity index is 2.05. The fourth-order valence-corrected chi connectivity index (χ4v) is 3.15. The Morgan fingerprint density at radius 2 is 1.95 bits per heavy atom. The van der Waals surface area contributed by atoms with Crippen molar-refractivity contribution in [2.75, 3.05) is 5.73 Å². The SMILES string of the molecule is CC1CC(c2ccc(N)cc2F)CCC1OC(C)(C)C. The molecule has 2 nitrogen and oxygen atoms in total. The van der Waals surface area contributed by atoms with Crippen molar-refractivity contribution in [3.8, 4) is 0 Å². The number of hydrogen-bond donors (Lipinski definition) is 1. The lowest BCUT2D eigenvalue weighted by molar-refractivity contribution is -0.0970. The fraction of sp³-hybridized carbons (Fsp3) is 0.647. The molecule has 1 fully saturated rings. The van der Waals surface area contributed by atoms with Gasteiger partial charge < -0.3 is 10.5 Å². The van der Waals surface area contributed by atoms with Gasteiger partial charge in [0, 0.05) is 5.69 Å². The van der Waals surface area contributed by atoms with Crippen LogP contribution in [0.4, 0.5) is 10.1 Å². The first-order valence-electron chi connectivity index (χ1n) is 7.49. The number of rotatable bonds is 2. The third-order valence-corrected chi connectivity index (χ3v) is 4.06. The van der Waals surface area contributed by atoms with Crippen LogP contribution in [-0.4, -0.2) is 11.7 Å². The zero-order valence-electron chi connectivity index (χ0n) is 12.9. The summed E-state index contributed by atoms with van der Waals surface area (Å²) in [5.41, 5.74) is 6.80. The summed E-state index contributed by atoms with van der Waals surface area (Å²) in [5, 5.41) is 0. The van der Waals surface area contributed by atoms with E-state index in [2.05, 4.69) is 27.7 Å². The Bertz CT molecular complexity index is 467. The molecule has 0 aromatic heterocycles. The van der Waals surface area contributed by atoms with Gasteiger partial charge >= 0.3 is 0 Å². The summed E-state index contributed by atoms with van der Waals surface area (Å²) in [6.07, 6.45) is 3.23. The maximum absolute atomic E-state index is 14.0. The van der Waals surface area contributed by atoms with Crippen LogP contribution in [0.15, 0.2) is 18.2 Å². The second-order valence-electron chi connectivity index (χ2n) is 7.04. The van der Waals surface area contributed by atoms with E-state index in [9.17, 15) is 4.39 Å². The van der Waals surface area contributed by atoms with Gasteiger partial charge in [0.05, 0.1) is 11.7 Å². The van der Waals surface area contributed by atoms with E-state index in [1.54, 1.807) is 6.07 Å². The zero-order valence-corrected chi connectivity index (χ0v) is 12.9. The highest BCUT2D eigenvalue weighted by atomic mass is 19.1. The predicted octanol–water partition coefficient (Wildman–Crippen LogP) is 4.50. The second-order valence-corrected chi connectivity index (χ2v) is 7.04. The first-order valence-corrected chi connectivity index (χ1v) is 7.49. The van der Waals surface area contributed by atoms with Crippen LogP contribution in [-0.2, 0) is 4.74 Å². The average molecular weight is 279 g/mol. The van der Waals surface area contributed by atoms with Crippen LogP contribution in [0.5, 0.6) is 0 Å². The van der Waals surface area contributed by atoms with Crippen molar-refractivity contribution in [2.24, 2.45) is 5.92 Å². The number of halogens is 1. The van der Waals surface area contributed by atoms with E-state index in [1.165, 1.54) is 6.07 Å². The minimum atomic E-state index is -0.169. The molecule has 0 amide bonds. The molecule has 1 aliphatic rings. The second kappa shape index (κ2) is 5.72. The molecule has 0 radical (unpaired) electrons. The van der Waals surface area contributed by atoms with E-state index >= 15 is 0 Å². The van der Waals surface area contributed by atoms with Gasteiger partial charge in [-0.3, -0.25) is 0 Å². The molecule has 0 heterocycles. The molecular weight excluding hydrogens is 253 g/mol. The molecule has 2 N–H and O–H groups in total. The van der Waals surface area contributed by atoms with E-state index in [1.807, 2.05) is 6.07 Å². The highest BCUT2D eigenvalue weighted by Gasteiger charge is 2.32. The summed E-state index contributed by atoms with van der Waals surface area (Å²) in [5.74, 6) is 0.563. The molecule has 1 aromatic rings.